The van der Waals surface area contributed by atoms with Gasteiger partial charge in [0.05, 0.1) is 5.60 Å². The normalized spacial score (nSPS) is 28.8. The molecule has 1 aromatic carbocycles. The molecular formula is C15H21NO. The van der Waals surface area contributed by atoms with Crippen molar-refractivity contribution in [2.45, 2.75) is 44.1 Å². The fourth-order valence-electron chi connectivity index (χ4n) is 3.20. The number of hydrogen-bond acceptors (Lipinski definition) is 2. The number of nitrogens with one attached hydrogen (secondary N) is 1. The van der Waals surface area contributed by atoms with E-state index in [1.54, 1.807) is 0 Å². The molecule has 0 spiro atoms. The van der Waals surface area contributed by atoms with Crippen LogP contribution in [0.3, 0.4) is 0 Å². The summed E-state index contributed by atoms with van der Waals surface area (Å²) in [6, 6.07) is 6.64. The lowest BCUT2D eigenvalue weighted by molar-refractivity contribution is 0.0240. The Morgan fingerprint density at radius 3 is 2.82 bits per heavy atom. The third-order valence-corrected chi connectivity index (χ3v) is 4.30. The van der Waals surface area contributed by atoms with Crippen molar-refractivity contribution in [1.29, 1.82) is 0 Å². The van der Waals surface area contributed by atoms with Crippen LogP contribution < -0.4 is 5.32 Å². The number of aryl methyl sites for hydroxylation is 2. The molecule has 0 bridgehead atoms. The second-order valence-corrected chi connectivity index (χ2v) is 5.47. The van der Waals surface area contributed by atoms with Gasteiger partial charge in [0.25, 0.3) is 0 Å². The van der Waals surface area contributed by atoms with Gasteiger partial charge in [0, 0.05) is 0 Å². The molecular weight excluding hydrogens is 210 g/mol. The monoisotopic (exact) mass is 231 g/mol. The van der Waals surface area contributed by atoms with E-state index in [2.05, 4.69) is 23.5 Å². The molecule has 92 valence electrons. The van der Waals surface area contributed by atoms with Crippen molar-refractivity contribution in [1.82, 2.24) is 5.32 Å². The van der Waals surface area contributed by atoms with Gasteiger partial charge in [-0.3, -0.25) is 0 Å². The van der Waals surface area contributed by atoms with E-state index in [4.69, 9.17) is 0 Å². The van der Waals surface area contributed by atoms with Crippen LogP contribution in [0, 0.1) is 0 Å². The number of rotatable bonds is 1. The van der Waals surface area contributed by atoms with Crippen molar-refractivity contribution < 1.29 is 5.11 Å². The van der Waals surface area contributed by atoms with Crippen LogP contribution in [-0.4, -0.2) is 18.2 Å². The molecule has 1 atom stereocenters. The van der Waals surface area contributed by atoms with Crippen LogP contribution in [0.15, 0.2) is 18.2 Å². The topological polar surface area (TPSA) is 32.3 Å². The molecule has 1 unspecified atom stereocenters. The Kier molecular flexibility index (Phi) is 2.93. The van der Waals surface area contributed by atoms with Gasteiger partial charge in [-0.25, -0.2) is 0 Å². The van der Waals surface area contributed by atoms with Gasteiger partial charge in [-0.05, 0) is 68.3 Å². The summed E-state index contributed by atoms with van der Waals surface area (Å²) in [4.78, 5) is 0. The van der Waals surface area contributed by atoms with E-state index in [0.717, 1.165) is 37.9 Å². The summed E-state index contributed by atoms with van der Waals surface area (Å²) in [5, 5.41) is 14.2. The van der Waals surface area contributed by atoms with Crippen LogP contribution in [0.1, 0.15) is 42.4 Å². The molecule has 2 heteroatoms. The highest BCUT2D eigenvalue weighted by atomic mass is 16.3. The van der Waals surface area contributed by atoms with E-state index >= 15 is 0 Å². The first-order chi connectivity index (χ1) is 8.28. The van der Waals surface area contributed by atoms with Gasteiger partial charge in [0.15, 0.2) is 0 Å². The summed E-state index contributed by atoms with van der Waals surface area (Å²) in [5.41, 5.74) is 3.50. The predicted octanol–water partition coefficient (Wildman–Crippen LogP) is 2.14. The standard InChI is InChI=1S/C15H21NO/c17-15(7-2-9-16-10-8-15)14-6-5-12-3-1-4-13(12)11-14/h5-6,11,16-17H,1-4,7-10H2. The molecule has 1 saturated heterocycles. The fourth-order valence-corrected chi connectivity index (χ4v) is 3.20. The quantitative estimate of drug-likeness (QED) is 0.776. The summed E-state index contributed by atoms with van der Waals surface area (Å²) in [6.45, 7) is 1.96. The van der Waals surface area contributed by atoms with Gasteiger partial charge in [-0.1, -0.05) is 18.2 Å². The molecule has 17 heavy (non-hydrogen) atoms. The molecule has 2 nitrogen and oxygen atoms in total. The molecule has 1 aliphatic carbocycles. The van der Waals surface area contributed by atoms with Gasteiger partial charge in [0.1, 0.15) is 0 Å². The van der Waals surface area contributed by atoms with E-state index in [-0.39, 0.29) is 0 Å². The Morgan fingerprint density at radius 2 is 1.88 bits per heavy atom. The molecule has 0 aromatic heterocycles. The summed E-state index contributed by atoms with van der Waals surface area (Å²) >= 11 is 0. The van der Waals surface area contributed by atoms with Gasteiger partial charge in [0.2, 0.25) is 0 Å². The van der Waals surface area contributed by atoms with Crippen molar-refractivity contribution >= 4 is 0 Å². The Hall–Kier alpha value is -0.860. The lowest BCUT2D eigenvalue weighted by atomic mass is 9.85. The number of aliphatic hydroxyl groups is 1. The van der Waals surface area contributed by atoms with Crippen LogP contribution in [0.5, 0.6) is 0 Å². The molecule has 1 heterocycles. The van der Waals surface area contributed by atoms with Crippen molar-refractivity contribution in [2.24, 2.45) is 0 Å². The smallest absolute Gasteiger partial charge is 0.0909 e. The Balaban J connectivity index is 1.91. The molecule has 0 amide bonds. The lowest BCUT2D eigenvalue weighted by Gasteiger charge is -2.27. The van der Waals surface area contributed by atoms with Crippen LogP contribution in [0.25, 0.3) is 0 Å². The van der Waals surface area contributed by atoms with Crippen molar-refractivity contribution in [2.75, 3.05) is 13.1 Å². The first-order valence-electron chi connectivity index (χ1n) is 6.83. The minimum atomic E-state index is -0.596. The van der Waals surface area contributed by atoms with Crippen molar-refractivity contribution in [3.05, 3.63) is 34.9 Å². The number of fused-ring (bicyclic) bond motifs is 1. The van der Waals surface area contributed by atoms with Crippen LogP contribution in [0.4, 0.5) is 0 Å². The summed E-state index contributed by atoms with van der Waals surface area (Å²) < 4.78 is 0. The van der Waals surface area contributed by atoms with Gasteiger partial charge in [-0.15, -0.1) is 0 Å². The Morgan fingerprint density at radius 1 is 1.00 bits per heavy atom. The third kappa shape index (κ3) is 2.12. The van der Waals surface area contributed by atoms with Crippen LogP contribution >= 0.6 is 0 Å². The van der Waals surface area contributed by atoms with Crippen LogP contribution in [0.2, 0.25) is 0 Å². The first-order valence-corrected chi connectivity index (χ1v) is 6.83. The molecule has 3 rings (SSSR count). The average Bonchev–Trinajstić information content (AvgIpc) is 2.70. The highest BCUT2D eigenvalue weighted by molar-refractivity contribution is 5.37. The zero-order valence-corrected chi connectivity index (χ0v) is 10.3. The summed E-state index contributed by atoms with van der Waals surface area (Å²) in [6.07, 6.45) is 6.48. The minimum absolute atomic E-state index is 0.596. The molecule has 2 aliphatic rings. The summed E-state index contributed by atoms with van der Waals surface area (Å²) in [7, 11) is 0. The van der Waals surface area contributed by atoms with Gasteiger partial charge >= 0.3 is 0 Å². The minimum Gasteiger partial charge on any atom is -0.385 e. The fraction of sp³-hybridized carbons (Fsp3) is 0.600. The van der Waals surface area contributed by atoms with Crippen molar-refractivity contribution in [3.8, 4) is 0 Å². The maximum Gasteiger partial charge on any atom is 0.0909 e. The van der Waals surface area contributed by atoms with E-state index < -0.39 is 5.60 Å². The Bertz CT molecular complexity index is 405. The molecule has 0 radical (unpaired) electrons. The molecule has 2 N–H and O–H groups in total. The molecule has 0 saturated carbocycles. The van der Waals surface area contributed by atoms with E-state index in [1.165, 1.54) is 30.4 Å². The SMILES string of the molecule is OC1(c2ccc3c(c2)CCC3)CCCNCC1. The Labute approximate surface area is 103 Å². The maximum atomic E-state index is 10.8. The second-order valence-electron chi connectivity index (χ2n) is 5.47. The summed E-state index contributed by atoms with van der Waals surface area (Å²) in [5.74, 6) is 0. The highest BCUT2D eigenvalue weighted by Crippen LogP contribution is 2.34. The van der Waals surface area contributed by atoms with Crippen LogP contribution in [-0.2, 0) is 18.4 Å². The largest absolute Gasteiger partial charge is 0.385 e. The molecule has 1 fully saturated rings. The zero-order valence-electron chi connectivity index (χ0n) is 10.3. The van der Waals surface area contributed by atoms with Gasteiger partial charge < -0.3 is 10.4 Å². The first kappa shape index (κ1) is 11.2. The van der Waals surface area contributed by atoms with Crippen molar-refractivity contribution in [3.63, 3.8) is 0 Å². The lowest BCUT2D eigenvalue weighted by Crippen LogP contribution is -2.27. The second kappa shape index (κ2) is 4.43. The predicted molar refractivity (Wildman–Crippen MR) is 69.1 cm³/mol. The number of benzene rings is 1. The van der Waals surface area contributed by atoms with E-state index in [1.807, 2.05) is 0 Å². The average molecular weight is 231 g/mol. The highest BCUT2D eigenvalue weighted by Gasteiger charge is 2.30. The zero-order chi connectivity index (χ0) is 11.7. The number of hydrogen-bond donors (Lipinski definition) is 2. The van der Waals surface area contributed by atoms with E-state index in [0.29, 0.717) is 0 Å². The molecule has 1 aliphatic heterocycles. The third-order valence-electron chi connectivity index (χ3n) is 4.30. The van der Waals surface area contributed by atoms with E-state index in [9.17, 15) is 5.11 Å². The van der Waals surface area contributed by atoms with Gasteiger partial charge in [-0.2, -0.15) is 0 Å². The maximum absolute atomic E-state index is 10.8. The molecule has 1 aromatic rings.